The zero-order valence-electron chi connectivity index (χ0n) is 20.5. The van der Waals surface area contributed by atoms with Crippen molar-refractivity contribution in [1.29, 1.82) is 0 Å². The van der Waals surface area contributed by atoms with Crippen molar-refractivity contribution in [2.24, 2.45) is 0 Å². The van der Waals surface area contributed by atoms with Crippen LogP contribution in [0.1, 0.15) is 44.3 Å². The molecule has 184 valence electrons. The van der Waals surface area contributed by atoms with Crippen LogP contribution in [0, 0.1) is 13.8 Å². The quantitative estimate of drug-likeness (QED) is 0.360. The van der Waals surface area contributed by atoms with Crippen LogP contribution in [0.2, 0.25) is 0 Å². The number of fused-ring (bicyclic) bond motifs is 1. The van der Waals surface area contributed by atoms with E-state index in [1.165, 1.54) is 7.11 Å². The molecule has 0 fully saturated rings. The van der Waals surface area contributed by atoms with E-state index in [1.54, 1.807) is 30.2 Å². The van der Waals surface area contributed by atoms with Gasteiger partial charge in [-0.15, -0.1) is 0 Å². The van der Waals surface area contributed by atoms with Gasteiger partial charge in [0.2, 0.25) is 0 Å². The van der Waals surface area contributed by atoms with Gasteiger partial charge in [-0.1, -0.05) is 24.3 Å². The molecule has 1 amide bonds. The molecule has 1 atom stereocenters. The summed E-state index contributed by atoms with van der Waals surface area (Å²) in [6.45, 7) is 4.12. The number of aromatic amines is 1. The summed E-state index contributed by atoms with van der Waals surface area (Å²) in [4.78, 5) is 15.4. The van der Waals surface area contributed by atoms with Crippen LogP contribution in [0.3, 0.4) is 0 Å². The first-order valence-corrected chi connectivity index (χ1v) is 11.5. The number of phenols is 2. The number of H-pyrrole nitrogens is 1. The molecule has 1 unspecified atom stereocenters. The lowest BCUT2D eigenvalue weighted by Crippen LogP contribution is -2.29. The second-order valence-electron chi connectivity index (χ2n) is 8.95. The topological polar surface area (TPSA) is 108 Å². The van der Waals surface area contributed by atoms with Gasteiger partial charge < -0.3 is 24.6 Å². The summed E-state index contributed by atoms with van der Waals surface area (Å²) in [6.07, 6.45) is 0. The Balaban J connectivity index is 1.68. The summed E-state index contributed by atoms with van der Waals surface area (Å²) in [5, 5.41) is 28.5. The molecule has 0 saturated carbocycles. The van der Waals surface area contributed by atoms with Gasteiger partial charge in [-0.25, -0.2) is 0 Å². The van der Waals surface area contributed by atoms with Gasteiger partial charge in [0, 0.05) is 17.7 Å². The molecule has 8 heteroatoms. The average Bonchev–Trinajstić information content (AvgIpc) is 3.41. The lowest BCUT2D eigenvalue weighted by Gasteiger charge is -2.27. The second-order valence-corrected chi connectivity index (χ2v) is 8.95. The Morgan fingerprint density at radius 2 is 1.75 bits per heavy atom. The molecular formula is C28H27N3O5. The number of benzene rings is 3. The van der Waals surface area contributed by atoms with E-state index in [0.29, 0.717) is 34.8 Å². The number of methoxy groups -OCH3 is 2. The number of rotatable bonds is 6. The van der Waals surface area contributed by atoms with E-state index in [9.17, 15) is 15.0 Å². The normalized spacial score (nSPS) is 14.7. The minimum Gasteiger partial charge on any atom is -0.507 e. The first-order chi connectivity index (χ1) is 17.3. The molecule has 0 bridgehead atoms. The number of ether oxygens (including phenoxy) is 2. The molecule has 2 heterocycles. The maximum atomic E-state index is 13.7. The Labute approximate surface area is 208 Å². The summed E-state index contributed by atoms with van der Waals surface area (Å²) in [7, 11) is 3.09. The van der Waals surface area contributed by atoms with Crippen LogP contribution in [0.25, 0.3) is 11.3 Å². The molecule has 1 aromatic heterocycles. The highest BCUT2D eigenvalue weighted by molar-refractivity contribution is 6.00. The number of carbonyl (C=O) groups excluding carboxylic acids is 1. The molecule has 5 rings (SSSR count). The maximum Gasteiger partial charge on any atom is 0.273 e. The van der Waals surface area contributed by atoms with Gasteiger partial charge in [-0.05, 0) is 66.4 Å². The van der Waals surface area contributed by atoms with Crippen LogP contribution in [0.15, 0.2) is 54.6 Å². The molecule has 3 aromatic carbocycles. The van der Waals surface area contributed by atoms with Gasteiger partial charge in [-0.2, -0.15) is 5.10 Å². The summed E-state index contributed by atoms with van der Waals surface area (Å²) in [6, 6.07) is 15.8. The Morgan fingerprint density at radius 3 is 2.44 bits per heavy atom. The van der Waals surface area contributed by atoms with Crippen LogP contribution >= 0.6 is 0 Å². The Kier molecular flexibility index (Phi) is 5.80. The minimum absolute atomic E-state index is 0.00636. The molecule has 0 saturated heterocycles. The van der Waals surface area contributed by atoms with Crippen molar-refractivity contribution in [2.75, 3.05) is 14.2 Å². The number of carbonyl (C=O) groups is 1. The molecule has 4 aromatic rings. The lowest BCUT2D eigenvalue weighted by atomic mass is 9.93. The number of nitrogens with zero attached hydrogens (tertiary/aromatic N) is 2. The predicted octanol–water partition coefficient (Wildman–Crippen LogP) is 4.87. The van der Waals surface area contributed by atoms with Crippen LogP contribution in [-0.4, -0.2) is 45.4 Å². The van der Waals surface area contributed by atoms with Crippen molar-refractivity contribution >= 4 is 5.91 Å². The second kappa shape index (κ2) is 8.96. The number of amides is 1. The number of nitrogens with one attached hydrogen (secondary N) is 1. The smallest absolute Gasteiger partial charge is 0.273 e. The molecule has 36 heavy (non-hydrogen) atoms. The molecular weight excluding hydrogens is 458 g/mol. The molecule has 0 radical (unpaired) electrons. The first-order valence-electron chi connectivity index (χ1n) is 11.5. The summed E-state index contributed by atoms with van der Waals surface area (Å²) >= 11 is 0. The predicted molar refractivity (Wildman–Crippen MR) is 135 cm³/mol. The van der Waals surface area contributed by atoms with Crippen LogP contribution in [0.5, 0.6) is 23.0 Å². The number of aryl methyl sites for hydroxylation is 2. The van der Waals surface area contributed by atoms with Gasteiger partial charge in [-0.3, -0.25) is 9.89 Å². The highest BCUT2D eigenvalue weighted by Gasteiger charge is 2.43. The van der Waals surface area contributed by atoms with Gasteiger partial charge in [0.15, 0.2) is 11.5 Å². The fourth-order valence-corrected chi connectivity index (χ4v) is 4.84. The fraction of sp³-hybridized carbons (Fsp3) is 0.214. The van der Waals surface area contributed by atoms with E-state index in [2.05, 4.69) is 10.2 Å². The number of aromatic hydroxyl groups is 2. The largest absolute Gasteiger partial charge is 0.507 e. The van der Waals surface area contributed by atoms with Gasteiger partial charge in [0.25, 0.3) is 5.91 Å². The average molecular weight is 486 g/mol. The third-order valence-corrected chi connectivity index (χ3v) is 6.60. The summed E-state index contributed by atoms with van der Waals surface area (Å²) < 4.78 is 10.6. The third-order valence-electron chi connectivity index (χ3n) is 6.60. The van der Waals surface area contributed by atoms with E-state index in [1.807, 2.05) is 50.2 Å². The van der Waals surface area contributed by atoms with Crippen molar-refractivity contribution in [2.45, 2.75) is 26.4 Å². The van der Waals surface area contributed by atoms with Crippen LogP contribution < -0.4 is 9.47 Å². The highest BCUT2D eigenvalue weighted by Crippen LogP contribution is 2.47. The number of hydrogen-bond acceptors (Lipinski definition) is 6. The van der Waals surface area contributed by atoms with E-state index >= 15 is 0 Å². The van der Waals surface area contributed by atoms with Gasteiger partial charge in [0.05, 0.1) is 20.3 Å². The molecule has 0 spiro atoms. The summed E-state index contributed by atoms with van der Waals surface area (Å²) in [5.41, 5.74) is 5.47. The van der Waals surface area contributed by atoms with Crippen LogP contribution in [0.4, 0.5) is 0 Å². The van der Waals surface area contributed by atoms with E-state index < -0.39 is 6.04 Å². The zero-order valence-corrected chi connectivity index (χ0v) is 20.5. The van der Waals surface area contributed by atoms with Gasteiger partial charge >= 0.3 is 0 Å². The summed E-state index contributed by atoms with van der Waals surface area (Å²) in [5.74, 6) is 0.954. The SMILES string of the molecule is COc1ccc(CN2C(=O)c3[nH]nc(-c4cc(C)cc(C)c4O)c3C2c2ccc(O)c(OC)c2)cc1. The van der Waals surface area contributed by atoms with Crippen molar-refractivity contribution in [1.82, 2.24) is 15.1 Å². The molecule has 1 aliphatic rings. The first kappa shape index (κ1) is 23.3. The Hall–Kier alpha value is -4.46. The Morgan fingerprint density at radius 1 is 1.00 bits per heavy atom. The Bertz CT molecular complexity index is 1460. The van der Waals surface area contributed by atoms with Gasteiger partial charge in [0.1, 0.15) is 22.9 Å². The van der Waals surface area contributed by atoms with Crippen LogP contribution in [-0.2, 0) is 6.54 Å². The lowest BCUT2D eigenvalue weighted by molar-refractivity contribution is 0.0730. The number of aromatic nitrogens is 2. The van der Waals surface area contributed by atoms with Crippen molar-refractivity contribution in [3.63, 3.8) is 0 Å². The van der Waals surface area contributed by atoms with E-state index in [0.717, 1.165) is 28.0 Å². The highest BCUT2D eigenvalue weighted by atomic mass is 16.5. The fourth-order valence-electron chi connectivity index (χ4n) is 4.84. The molecule has 3 N–H and O–H groups in total. The number of phenolic OH excluding ortho intramolecular Hbond substituents is 2. The van der Waals surface area contributed by atoms with Crippen molar-refractivity contribution in [3.05, 3.63) is 88.1 Å². The molecule has 8 nitrogen and oxygen atoms in total. The van der Waals surface area contributed by atoms with Crippen molar-refractivity contribution in [3.8, 4) is 34.3 Å². The van der Waals surface area contributed by atoms with E-state index in [-0.39, 0.29) is 17.4 Å². The molecule has 0 aliphatic carbocycles. The third kappa shape index (κ3) is 3.80. The minimum atomic E-state index is -0.530. The van der Waals surface area contributed by atoms with Crippen molar-refractivity contribution < 1.29 is 24.5 Å². The molecule has 1 aliphatic heterocycles. The standard InChI is InChI=1S/C28H27N3O5/c1-15-11-16(2)27(33)20(12-15)24-23-25(30-29-24)28(34)31(14-17-5-8-19(35-3)9-6-17)26(23)18-7-10-21(32)22(13-18)36-4/h5-13,26,32-33H,14H2,1-4H3,(H,29,30). The zero-order chi connectivity index (χ0) is 25.6. The van der Waals surface area contributed by atoms with E-state index in [4.69, 9.17) is 9.47 Å². The maximum absolute atomic E-state index is 13.7. The monoisotopic (exact) mass is 485 g/mol. The number of hydrogen-bond donors (Lipinski definition) is 3.